The normalized spacial score (nSPS) is 10.8. The number of hydrogen-bond acceptors (Lipinski definition) is 4. The van der Waals surface area contributed by atoms with E-state index in [-0.39, 0.29) is 12.5 Å². The van der Waals surface area contributed by atoms with Gasteiger partial charge in [-0.2, -0.15) is 0 Å². The lowest BCUT2D eigenvalue weighted by Crippen LogP contribution is -2.16. The molecule has 1 N–H and O–H groups in total. The minimum absolute atomic E-state index is 0.0168. The number of nitrogens with one attached hydrogen (secondary N) is 1. The van der Waals surface area contributed by atoms with Crippen molar-refractivity contribution >= 4 is 22.7 Å². The molecule has 0 aliphatic carbocycles. The first-order chi connectivity index (χ1) is 10.7. The molecule has 2 aromatic carbocycles. The molecule has 3 rings (SSSR count). The Hall–Kier alpha value is -2.66. The van der Waals surface area contributed by atoms with Crippen LogP contribution in [-0.2, 0) is 9.53 Å². The molecule has 0 radical (unpaired) electrons. The van der Waals surface area contributed by atoms with Crippen molar-refractivity contribution < 1.29 is 13.9 Å². The van der Waals surface area contributed by atoms with E-state index in [0.29, 0.717) is 17.2 Å². The molecule has 0 saturated carbocycles. The van der Waals surface area contributed by atoms with Gasteiger partial charge in [0.05, 0.1) is 0 Å². The van der Waals surface area contributed by atoms with E-state index in [0.717, 1.165) is 16.6 Å². The van der Waals surface area contributed by atoms with Gasteiger partial charge in [0.25, 0.3) is 0 Å². The number of rotatable bonds is 4. The monoisotopic (exact) mass is 296 g/mol. The number of aryl methyl sites for hydroxylation is 1. The fourth-order valence-corrected chi connectivity index (χ4v) is 2.23. The van der Waals surface area contributed by atoms with Gasteiger partial charge in [-0.3, -0.25) is 4.79 Å². The molecule has 0 spiro atoms. The molecule has 0 saturated heterocycles. The van der Waals surface area contributed by atoms with Crippen LogP contribution < -0.4 is 5.32 Å². The number of oxazole rings is 1. The molecule has 0 aliphatic heterocycles. The van der Waals surface area contributed by atoms with Crippen molar-refractivity contribution in [1.82, 2.24) is 4.98 Å². The zero-order valence-corrected chi connectivity index (χ0v) is 12.4. The molecule has 5 nitrogen and oxygen atoms in total. The Morgan fingerprint density at radius 3 is 2.91 bits per heavy atom. The third-order valence-electron chi connectivity index (χ3n) is 3.21. The number of carbonyl (C=O) groups is 1. The molecule has 1 amide bonds. The number of anilines is 1. The smallest absolute Gasteiger partial charge is 0.250 e. The zero-order valence-electron chi connectivity index (χ0n) is 12.4. The number of ether oxygens (including phenoxy) is 1. The van der Waals surface area contributed by atoms with Crippen LogP contribution in [0, 0.1) is 6.92 Å². The molecule has 5 heteroatoms. The lowest BCUT2D eigenvalue weighted by atomic mass is 10.1. The second kappa shape index (κ2) is 5.99. The van der Waals surface area contributed by atoms with E-state index in [4.69, 9.17) is 9.15 Å². The van der Waals surface area contributed by atoms with Crippen LogP contribution in [0.3, 0.4) is 0 Å². The SMILES string of the molecule is COCC(=O)Nc1ccc2nc(-c3cccc(C)c3)oc2c1. The minimum atomic E-state index is -0.208. The first-order valence-corrected chi connectivity index (χ1v) is 6.92. The van der Waals surface area contributed by atoms with Crippen LogP contribution in [0.4, 0.5) is 5.69 Å². The number of nitrogens with zero attached hydrogens (tertiary/aromatic N) is 1. The van der Waals surface area contributed by atoms with Gasteiger partial charge in [-0.05, 0) is 31.2 Å². The van der Waals surface area contributed by atoms with Gasteiger partial charge in [0.2, 0.25) is 11.8 Å². The van der Waals surface area contributed by atoms with Gasteiger partial charge in [0.15, 0.2) is 5.58 Å². The number of benzene rings is 2. The molecule has 22 heavy (non-hydrogen) atoms. The Bertz CT molecular complexity index is 824. The van der Waals surface area contributed by atoms with Crippen LogP contribution in [0.25, 0.3) is 22.6 Å². The molecule has 1 aromatic heterocycles. The van der Waals surface area contributed by atoms with Gasteiger partial charge >= 0.3 is 0 Å². The molecule has 1 heterocycles. The lowest BCUT2D eigenvalue weighted by molar-refractivity contribution is -0.119. The largest absolute Gasteiger partial charge is 0.436 e. The van der Waals surface area contributed by atoms with Crippen LogP contribution in [0.15, 0.2) is 46.9 Å². The van der Waals surface area contributed by atoms with Gasteiger partial charge < -0.3 is 14.5 Å². The van der Waals surface area contributed by atoms with Gasteiger partial charge in [-0.15, -0.1) is 0 Å². The average molecular weight is 296 g/mol. The van der Waals surface area contributed by atoms with Crippen LogP contribution in [-0.4, -0.2) is 24.6 Å². The molecule has 0 bridgehead atoms. The Kier molecular flexibility index (Phi) is 3.89. The predicted molar refractivity (Wildman–Crippen MR) is 84.7 cm³/mol. The van der Waals surface area contributed by atoms with E-state index in [9.17, 15) is 4.79 Å². The summed E-state index contributed by atoms with van der Waals surface area (Å²) in [5, 5.41) is 2.74. The molecular formula is C17H16N2O3. The van der Waals surface area contributed by atoms with E-state index in [2.05, 4.69) is 10.3 Å². The Labute approximate surface area is 127 Å². The first-order valence-electron chi connectivity index (χ1n) is 6.92. The molecule has 0 aliphatic rings. The third kappa shape index (κ3) is 2.99. The molecule has 0 unspecified atom stereocenters. The van der Waals surface area contributed by atoms with Gasteiger partial charge in [0, 0.05) is 24.4 Å². The quantitative estimate of drug-likeness (QED) is 0.801. The van der Waals surface area contributed by atoms with Crippen molar-refractivity contribution in [3.05, 3.63) is 48.0 Å². The predicted octanol–water partition coefficient (Wildman–Crippen LogP) is 3.39. The van der Waals surface area contributed by atoms with Gasteiger partial charge in [0.1, 0.15) is 12.1 Å². The third-order valence-corrected chi connectivity index (χ3v) is 3.21. The number of carbonyl (C=O) groups excluding carboxylic acids is 1. The molecular weight excluding hydrogens is 280 g/mol. The van der Waals surface area contributed by atoms with Crippen molar-refractivity contribution in [2.24, 2.45) is 0 Å². The van der Waals surface area contributed by atoms with Crippen LogP contribution in [0.1, 0.15) is 5.56 Å². The van der Waals surface area contributed by atoms with Crippen molar-refractivity contribution in [2.45, 2.75) is 6.92 Å². The number of amides is 1. The van der Waals surface area contributed by atoms with Gasteiger partial charge in [-0.25, -0.2) is 4.98 Å². The maximum absolute atomic E-state index is 11.5. The van der Waals surface area contributed by atoms with E-state index >= 15 is 0 Å². The summed E-state index contributed by atoms with van der Waals surface area (Å²) in [5.41, 5.74) is 4.11. The number of fused-ring (bicyclic) bond motifs is 1. The lowest BCUT2D eigenvalue weighted by Gasteiger charge is -2.03. The number of hydrogen-bond donors (Lipinski definition) is 1. The van der Waals surface area contributed by atoms with Gasteiger partial charge in [-0.1, -0.05) is 17.7 Å². The van der Waals surface area contributed by atoms with E-state index < -0.39 is 0 Å². The molecule has 0 fully saturated rings. The summed E-state index contributed by atoms with van der Waals surface area (Å²) in [5.74, 6) is 0.361. The van der Waals surface area contributed by atoms with Crippen molar-refractivity contribution in [3.63, 3.8) is 0 Å². The number of aromatic nitrogens is 1. The zero-order chi connectivity index (χ0) is 15.5. The fourth-order valence-electron chi connectivity index (χ4n) is 2.23. The molecule has 0 atom stereocenters. The van der Waals surface area contributed by atoms with E-state index in [1.165, 1.54) is 7.11 Å². The highest BCUT2D eigenvalue weighted by Gasteiger charge is 2.10. The fraction of sp³-hybridized carbons (Fsp3) is 0.176. The average Bonchev–Trinajstić information content (AvgIpc) is 2.90. The summed E-state index contributed by atoms with van der Waals surface area (Å²) < 4.78 is 10.6. The first kappa shape index (κ1) is 14.3. The summed E-state index contributed by atoms with van der Waals surface area (Å²) in [7, 11) is 1.48. The minimum Gasteiger partial charge on any atom is -0.436 e. The van der Waals surface area contributed by atoms with Crippen LogP contribution in [0.2, 0.25) is 0 Å². The van der Waals surface area contributed by atoms with Crippen LogP contribution in [0.5, 0.6) is 0 Å². The summed E-state index contributed by atoms with van der Waals surface area (Å²) in [6.45, 7) is 2.04. The molecule has 3 aromatic rings. The Balaban J connectivity index is 1.92. The second-order valence-corrected chi connectivity index (χ2v) is 5.05. The summed E-state index contributed by atoms with van der Waals surface area (Å²) in [6, 6.07) is 13.3. The maximum Gasteiger partial charge on any atom is 0.250 e. The standard InChI is InChI=1S/C17H16N2O3/c1-11-4-3-5-12(8-11)17-19-14-7-6-13(9-15(14)22-17)18-16(20)10-21-2/h3-9H,10H2,1-2H3,(H,18,20). The highest BCUT2D eigenvalue weighted by atomic mass is 16.5. The Morgan fingerprint density at radius 1 is 1.27 bits per heavy atom. The van der Waals surface area contributed by atoms with Crippen molar-refractivity contribution in [3.8, 4) is 11.5 Å². The summed E-state index contributed by atoms with van der Waals surface area (Å²) in [4.78, 5) is 16.0. The summed E-state index contributed by atoms with van der Waals surface area (Å²) >= 11 is 0. The second-order valence-electron chi connectivity index (χ2n) is 5.05. The number of methoxy groups -OCH3 is 1. The summed E-state index contributed by atoms with van der Waals surface area (Å²) in [6.07, 6.45) is 0. The maximum atomic E-state index is 11.5. The highest BCUT2D eigenvalue weighted by molar-refractivity contribution is 5.93. The molecule has 112 valence electrons. The van der Waals surface area contributed by atoms with Crippen molar-refractivity contribution in [2.75, 3.05) is 19.0 Å². The highest BCUT2D eigenvalue weighted by Crippen LogP contribution is 2.26. The Morgan fingerprint density at radius 2 is 2.14 bits per heavy atom. The van der Waals surface area contributed by atoms with E-state index in [1.807, 2.05) is 37.3 Å². The van der Waals surface area contributed by atoms with E-state index in [1.54, 1.807) is 12.1 Å². The van der Waals surface area contributed by atoms with Crippen molar-refractivity contribution in [1.29, 1.82) is 0 Å². The topological polar surface area (TPSA) is 64.4 Å². The van der Waals surface area contributed by atoms with Crippen LogP contribution >= 0.6 is 0 Å².